The Morgan fingerprint density at radius 3 is 2.31 bits per heavy atom. The number of hydrogen-bond donors (Lipinski definition) is 1. The van der Waals surface area contributed by atoms with Gasteiger partial charge < -0.3 is 14.7 Å². The van der Waals surface area contributed by atoms with E-state index in [1.165, 1.54) is 0 Å². The van der Waals surface area contributed by atoms with Crippen molar-refractivity contribution in [1.29, 1.82) is 0 Å². The monoisotopic (exact) mass is 453 g/mol. The van der Waals surface area contributed by atoms with Gasteiger partial charge in [0.25, 0.3) is 11.7 Å². The minimum absolute atomic E-state index is 0.0265. The number of carbonyl (C=O) groups excluding carboxylic acids is 2. The number of Topliss-reactive ketones (excluding diaryl/α,β-unsaturated/α-hetero) is 1. The van der Waals surface area contributed by atoms with Crippen LogP contribution in [-0.2, 0) is 19.7 Å². The average Bonchev–Trinajstić information content (AvgIpc) is 3.36. The van der Waals surface area contributed by atoms with Gasteiger partial charge in [0, 0.05) is 23.7 Å². The summed E-state index contributed by atoms with van der Waals surface area (Å²) in [5, 5.41) is 11.6. The van der Waals surface area contributed by atoms with E-state index >= 15 is 0 Å². The third kappa shape index (κ3) is 4.32. The summed E-state index contributed by atoms with van der Waals surface area (Å²) in [4.78, 5) is 27.7. The second kappa shape index (κ2) is 8.72. The first kappa shape index (κ1) is 22.6. The molecule has 2 aliphatic heterocycles. The Kier molecular flexibility index (Phi) is 6.15. The molecule has 4 rings (SSSR count). The number of hydrogen-bond acceptors (Lipinski definition) is 4. The van der Waals surface area contributed by atoms with Crippen molar-refractivity contribution in [3.8, 4) is 0 Å². The third-order valence-corrected chi connectivity index (χ3v) is 6.43. The van der Waals surface area contributed by atoms with Gasteiger partial charge in [-0.3, -0.25) is 9.59 Å². The van der Waals surface area contributed by atoms with Crippen LogP contribution < -0.4 is 0 Å². The van der Waals surface area contributed by atoms with Gasteiger partial charge in [-0.2, -0.15) is 0 Å². The molecule has 0 aliphatic carbocycles. The van der Waals surface area contributed by atoms with Crippen LogP contribution in [0, 0.1) is 0 Å². The molecule has 2 unspecified atom stereocenters. The lowest BCUT2D eigenvalue weighted by Crippen LogP contribution is -2.36. The maximum absolute atomic E-state index is 13.1. The van der Waals surface area contributed by atoms with Gasteiger partial charge in [0.05, 0.1) is 17.7 Å². The topological polar surface area (TPSA) is 66.8 Å². The summed E-state index contributed by atoms with van der Waals surface area (Å²) in [5.74, 6) is -1.49. The molecule has 2 fully saturated rings. The fraction of sp³-hybridized carbons (Fsp3) is 0.385. The highest BCUT2D eigenvalue weighted by molar-refractivity contribution is 6.46. The van der Waals surface area contributed by atoms with E-state index in [9.17, 15) is 14.7 Å². The van der Waals surface area contributed by atoms with Crippen molar-refractivity contribution >= 4 is 29.1 Å². The van der Waals surface area contributed by atoms with Gasteiger partial charge in [-0.15, -0.1) is 0 Å². The zero-order chi connectivity index (χ0) is 23.0. The molecule has 0 bridgehead atoms. The van der Waals surface area contributed by atoms with E-state index in [1.807, 2.05) is 24.3 Å². The molecule has 0 aromatic heterocycles. The molecule has 2 heterocycles. The molecule has 6 heteroatoms. The Bertz CT molecular complexity index is 1040. The number of rotatable bonds is 4. The lowest BCUT2D eigenvalue weighted by atomic mass is 9.85. The normalized spacial score (nSPS) is 23.2. The molecule has 0 spiro atoms. The summed E-state index contributed by atoms with van der Waals surface area (Å²) >= 11 is 5.98. The molecule has 168 valence electrons. The van der Waals surface area contributed by atoms with Crippen LogP contribution in [-0.4, -0.2) is 41.0 Å². The molecule has 2 saturated heterocycles. The minimum Gasteiger partial charge on any atom is -0.507 e. The predicted octanol–water partition coefficient (Wildman–Crippen LogP) is 5.24. The summed E-state index contributed by atoms with van der Waals surface area (Å²) in [6.07, 6.45) is 1.67. The van der Waals surface area contributed by atoms with Crippen LogP contribution in [0.3, 0.4) is 0 Å². The highest BCUT2D eigenvalue weighted by atomic mass is 35.5. The molecule has 1 N–H and O–H groups in total. The van der Waals surface area contributed by atoms with Crippen molar-refractivity contribution in [3.05, 3.63) is 75.8 Å². The Hall–Kier alpha value is -2.63. The summed E-state index contributed by atoms with van der Waals surface area (Å²) in [6, 6.07) is 13.8. The molecule has 0 saturated carbocycles. The van der Waals surface area contributed by atoms with Crippen molar-refractivity contribution in [1.82, 2.24) is 4.90 Å². The Balaban J connectivity index is 1.81. The van der Waals surface area contributed by atoms with Gasteiger partial charge in [0.2, 0.25) is 0 Å². The first-order valence-electron chi connectivity index (χ1n) is 10.9. The quantitative estimate of drug-likeness (QED) is 0.390. The van der Waals surface area contributed by atoms with Crippen LogP contribution >= 0.6 is 11.6 Å². The van der Waals surface area contributed by atoms with Crippen molar-refractivity contribution in [2.45, 2.75) is 51.2 Å². The van der Waals surface area contributed by atoms with Gasteiger partial charge in [-0.05, 0) is 53.6 Å². The highest BCUT2D eigenvalue weighted by Crippen LogP contribution is 2.40. The molecule has 32 heavy (non-hydrogen) atoms. The molecule has 5 nitrogen and oxygen atoms in total. The number of aliphatic hydroxyl groups excluding tert-OH is 1. The third-order valence-electron chi connectivity index (χ3n) is 6.17. The van der Waals surface area contributed by atoms with Gasteiger partial charge in [0.15, 0.2) is 0 Å². The molecule has 2 atom stereocenters. The maximum Gasteiger partial charge on any atom is 0.295 e. The second-order valence-corrected chi connectivity index (χ2v) is 9.90. The number of carbonyl (C=O) groups is 2. The number of ether oxygens (including phenoxy) is 1. The minimum atomic E-state index is -0.680. The summed E-state index contributed by atoms with van der Waals surface area (Å²) in [5.41, 5.74) is 2.45. The van der Waals surface area contributed by atoms with Crippen LogP contribution in [0.25, 0.3) is 5.76 Å². The summed E-state index contributed by atoms with van der Waals surface area (Å²) < 4.78 is 5.74. The van der Waals surface area contributed by atoms with Gasteiger partial charge in [-0.1, -0.05) is 56.6 Å². The van der Waals surface area contributed by atoms with Gasteiger partial charge in [0.1, 0.15) is 5.76 Å². The second-order valence-electron chi connectivity index (χ2n) is 9.47. The average molecular weight is 454 g/mol. The number of likely N-dealkylation sites (tertiary alicyclic amines) is 1. The van der Waals surface area contributed by atoms with Crippen LogP contribution in [0.1, 0.15) is 56.3 Å². The molecule has 1 amide bonds. The van der Waals surface area contributed by atoms with E-state index in [2.05, 4.69) is 20.8 Å². The maximum atomic E-state index is 13.1. The smallest absolute Gasteiger partial charge is 0.295 e. The number of benzene rings is 2. The fourth-order valence-corrected chi connectivity index (χ4v) is 4.48. The summed E-state index contributed by atoms with van der Waals surface area (Å²) in [7, 11) is 0. The van der Waals surface area contributed by atoms with Crippen molar-refractivity contribution < 1.29 is 19.4 Å². The number of halogens is 1. The number of aliphatic hydroxyl groups is 1. The van der Waals surface area contributed by atoms with Gasteiger partial charge >= 0.3 is 0 Å². The molecule has 0 radical (unpaired) electrons. The van der Waals surface area contributed by atoms with Crippen LogP contribution in [0.5, 0.6) is 0 Å². The Morgan fingerprint density at radius 2 is 1.75 bits per heavy atom. The lowest BCUT2D eigenvalue weighted by Gasteiger charge is -2.28. The van der Waals surface area contributed by atoms with Crippen molar-refractivity contribution in [2.75, 3.05) is 13.2 Å². The molecule has 2 aliphatic rings. The largest absolute Gasteiger partial charge is 0.507 e. The highest BCUT2D eigenvalue weighted by Gasteiger charge is 2.47. The van der Waals surface area contributed by atoms with E-state index in [0.717, 1.165) is 24.0 Å². The summed E-state index contributed by atoms with van der Waals surface area (Å²) in [6.45, 7) is 7.36. The van der Waals surface area contributed by atoms with E-state index in [1.54, 1.807) is 29.2 Å². The fourth-order valence-electron chi connectivity index (χ4n) is 4.35. The standard InChI is InChI=1S/C26H28ClNO4/c1-26(2,3)18-10-6-16(7-11-18)22-21(23(29)17-8-12-19(27)13-9-17)24(30)25(31)28(22)15-20-5-4-14-32-20/h6-13,20,22,29H,4-5,14-15H2,1-3H3/b23-21-. The SMILES string of the molecule is CC(C)(C)c1ccc(C2/C(=C(/O)c3ccc(Cl)cc3)C(=O)C(=O)N2CC2CCCO2)cc1. The number of amides is 1. The van der Waals surface area contributed by atoms with Crippen LogP contribution in [0.4, 0.5) is 0 Å². The van der Waals surface area contributed by atoms with E-state index in [-0.39, 0.29) is 22.9 Å². The molecular weight excluding hydrogens is 426 g/mol. The predicted molar refractivity (Wildman–Crippen MR) is 125 cm³/mol. The Morgan fingerprint density at radius 1 is 1.09 bits per heavy atom. The van der Waals surface area contributed by atoms with Crippen molar-refractivity contribution in [3.63, 3.8) is 0 Å². The number of nitrogens with zero attached hydrogens (tertiary/aromatic N) is 1. The van der Waals surface area contributed by atoms with Crippen molar-refractivity contribution in [2.24, 2.45) is 0 Å². The molecular formula is C26H28ClNO4. The zero-order valence-electron chi connectivity index (χ0n) is 18.6. The van der Waals surface area contributed by atoms with Crippen LogP contribution in [0.2, 0.25) is 5.02 Å². The first-order valence-corrected chi connectivity index (χ1v) is 11.3. The van der Waals surface area contributed by atoms with Gasteiger partial charge in [-0.25, -0.2) is 0 Å². The zero-order valence-corrected chi connectivity index (χ0v) is 19.4. The van der Waals surface area contributed by atoms with E-state index < -0.39 is 17.7 Å². The number of ketones is 1. The molecule has 2 aromatic rings. The van der Waals surface area contributed by atoms with Crippen LogP contribution in [0.15, 0.2) is 54.1 Å². The van der Waals surface area contributed by atoms with E-state index in [4.69, 9.17) is 16.3 Å². The lowest BCUT2D eigenvalue weighted by molar-refractivity contribution is -0.140. The van der Waals surface area contributed by atoms with E-state index in [0.29, 0.717) is 23.7 Å². The first-order chi connectivity index (χ1) is 15.2. The molecule has 2 aromatic carbocycles. The Labute approximate surface area is 193 Å².